The Morgan fingerprint density at radius 1 is 1.38 bits per heavy atom. The lowest BCUT2D eigenvalue weighted by Crippen LogP contribution is -2.41. The molecule has 2 aliphatic heterocycles. The largest absolute Gasteiger partial charge is 0.493 e. The van der Waals surface area contributed by atoms with Gasteiger partial charge in [0, 0.05) is 32.2 Å². The maximum absolute atomic E-state index is 6.50. The molecule has 1 saturated heterocycles. The maximum Gasteiger partial charge on any atom is 0.122 e. The number of hydrogen-bond donors (Lipinski definition) is 1. The first kappa shape index (κ1) is 14.8. The van der Waals surface area contributed by atoms with Gasteiger partial charge in [0.1, 0.15) is 5.75 Å². The van der Waals surface area contributed by atoms with Crippen molar-refractivity contribution in [3.63, 3.8) is 0 Å². The Bertz CT molecular complexity index is 478. The Morgan fingerprint density at radius 3 is 3.14 bits per heavy atom. The molecule has 2 heterocycles. The molecule has 1 aromatic carbocycles. The van der Waals surface area contributed by atoms with Crippen LogP contribution in [0.5, 0.6) is 5.75 Å². The summed E-state index contributed by atoms with van der Waals surface area (Å²) in [6, 6.07) is 7.11. The molecule has 21 heavy (non-hydrogen) atoms. The minimum atomic E-state index is 0.199. The Kier molecular flexibility index (Phi) is 4.78. The van der Waals surface area contributed by atoms with Crippen LogP contribution in [0.4, 0.5) is 0 Å². The van der Waals surface area contributed by atoms with Crippen LogP contribution in [0.25, 0.3) is 0 Å². The van der Waals surface area contributed by atoms with Gasteiger partial charge in [0.15, 0.2) is 0 Å². The van der Waals surface area contributed by atoms with Crippen LogP contribution in [0.1, 0.15) is 36.4 Å². The molecule has 0 amide bonds. The van der Waals surface area contributed by atoms with E-state index in [0.29, 0.717) is 6.04 Å². The Morgan fingerprint density at radius 2 is 2.29 bits per heavy atom. The molecule has 3 rings (SSSR count). The molecular weight excluding hydrogens is 264 g/mol. The lowest BCUT2D eigenvalue weighted by Gasteiger charge is -2.33. The monoisotopic (exact) mass is 290 g/mol. The van der Waals surface area contributed by atoms with Gasteiger partial charge in [-0.2, -0.15) is 0 Å². The smallest absolute Gasteiger partial charge is 0.122 e. The fourth-order valence-electron chi connectivity index (χ4n) is 3.57. The number of fused-ring (bicyclic) bond motifs is 1. The van der Waals surface area contributed by atoms with E-state index in [1.807, 2.05) is 0 Å². The zero-order valence-electron chi connectivity index (χ0n) is 12.9. The quantitative estimate of drug-likeness (QED) is 0.923. The number of hydrogen-bond acceptors (Lipinski definition) is 4. The summed E-state index contributed by atoms with van der Waals surface area (Å²) in [5.41, 5.74) is 9.17. The lowest BCUT2D eigenvalue weighted by molar-refractivity contribution is 0.115. The topological polar surface area (TPSA) is 47.7 Å². The van der Waals surface area contributed by atoms with Gasteiger partial charge in [0.05, 0.1) is 13.2 Å². The molecule has 0 bridgehead atoms. The molecule has 0 aromatic heterocycles. The van der Waals surface area contributed by atoms with Crippen molar-refractivity contribution in [2.45, 2.75) is 37.8 Å². The SMILES string of the molecule is COCCN1CCCCC(N)C1c1ccc2c(c1)CCO2. The summed E-state index contributed by atoms with van der Waals surface area (Å²) < 4.78 is 10.9. The maximum atomic E-state index is 6.50. The van der Waals surface area contributed by atoms with Crippen molar-refractivity contribution < 1.29 is 9.47 Å². The minimum absolute atomic E-state index is 0.199. The van der Waals surface area contributed by atoms with Crippen molar-refractivity contribution in [1.29, 1.82) is 0 Å². The normalized spacial score (nSPS) is 26.2. The van der Waals surface area contributed by atoms with Crippen LogP contribution in [0.15, 0.2) is 18.2 Å². The Hall–Kier alpha value is -1.10. The van der Waals surface area contributed by atoms with Crippen molar-refractivity contribution in [2.75, 3.05) is 33.4 Å². The van der Waals surface area contributed by atoms with E-state index in [2.05, 4.69) is 23.1 Å². The van der Waals surface area contributed by atoms with E-state index in [4.69, 9.17) is 15.2 Å². The molecule has 0 radical (unpaired) electrons. The molecule has 1 fully saturated rings. The molecule has 1 aromatic rings. The van der Waals surface area contributed by atoms with E-state index in [9.17, 15) is 0 Å². The molecule has 0 spiro atoms. The molecule has 2 unspecified atom stereocenters. The zero-order chi connectivity index (χ0) is 14.7. The van der Waals surface area contributed by atoms with Crippen LogP contribution < -0.4 is 10.5 Å². The Labute approximate surface area is 127 Å². The van der Waals surface area contributed by atoms with Gasteiger partial charge < -0.3 is 15.2 Å². The number of ether oxygens (including phenoxy) is 2. The number of rotatable bonds is 4. The van der Waals surface area contributed by atoms with E-state index < -0.39 is 0 Å². The second kappa shape index (κ2) is 6.77. The van der Waals surface area contributed by atoms with Gasteiger partial charge in [0.2, 0.25) is 0 Å². The summed E-state index contributed by atoms with van der Waals surface area (Å²) in [5.74, 6) is 1.05. The summed E-state index contributed by atoms with van der Waals surface area (Å²) in [5, 5.41) is 0. The van der Waals surface area contributed by atoms with Gasteiger partial charge in [-0.15, -0.1) is 0 Å². The van der Waals surface area contributed by atoms with Crippen molar-refractivity contribution in [2.24, 2.45) is 5.73 Å². The average molecular weight is 290 g/mol. The zero-order valence-corrected chi connectivity index (χ0v) is 12.9. The highest BCUT2D eigenvalue weighted by Gasteiger charge is 2.29. The van der Waals surface area contributed by atoms with Gasteiger partial charge >= 0.3 is 0 Å². The third-order valence-corrected chi connectivity index (χ3v) is 4.67. The minimum Gasteiger partial charge on any atom is -0.493 e. The van der Waals surface area contributed by atoms with Crippen molar-refractivity contribution in [3.8, 4) is 5.75 Å². The van der Waals surface area contributed by atoms with Crippen LogP contribution in [0.2, 0.25) is 0 Å². The molecule has 2 atom stereocenters. The molecule has 2 N–H and O–H groups in total. The fraction of sp³-hybridized carbons (Fsp3) is 0.647. The van der Waals surface area contributed by atoms with Gasteiger partial charge in [-0.1, -0.05) is 18.6 Å². The molecule has 116 valence electrons. The molecule has 0 saturated carbocycles. The van der Waals surface area contributed by atoms with Gasteiger partial charge in [-0.25, -0.2) is 0 Å². The van der Waals surface area contributed by atoms with Crippen LogP contribution in [-0.2, 0) is 11.2 Å². The third-order valence-electron chi connectivity index (χ3n) is 4.67. The predicted molar refractivity (Wildman–Crippen MR) is 83.7 cm³/mol. The highest BCUT2D eigenvalue weighted by atomic mass is 16.5. The van der Waals surface area contributed by atoms with Gasteiger partial charge in [-0.3, -0.25) is 4.90 Å². The van der Waals surface area contributed by atoms with E-state index in [0.717, 1.165) is 44.9 Å². The summed E-state index contributed by atoms with van der Waals surface area (Å²) in [4.78, 5) is 2.50. The third kappa shape index (κ3) is 3.23. The Balaban J connectivity index is 1.86. The van der Waals surface area contributed by atoms with E-state index in [-0.39, 0.29) is 6.04 Å². The number of methoxy groups -OCH3 is 1. The summed E-state index contributed by atoms with van der Waals surface area (Å²) in [7, 11) is 1.76. The van der Waals surface area contributed by atoms with Gasteiger partial charge in [0.25, 0.3) is 0 Å². The van der Waals surface area contributed by atoms with Crippen LogP contribution in [0.3, 0.4) is 0 Å². The highest BCUT2D eigenvalue weighted by Crippen LogP contribution is 2.33. The van der Waals surface area contributed by atoms with E-state index in [1.165, 1.54) is 24.0 Å². The highest BCUT2D eigenvalue weighted by molar-refractivity contribution is 5.41. The molecule has 4 heteroatoms. The standard InChI is InChI=1S/C17H26N2O2/c1-20-11-9-19-8-3-2-4-15(18)17(19)14-5-6-16-13(12-14)7-10-21-16/h5-6,12,15,17H,2-4,7-11,18H2,1H3. The first-order chi connectivity index (χ1) is 10.3. The van der Waals surface area contributed by atoms with E-state index >= 15 is 0 Å². The molecule has 0 aliphatic carbocycles. The predicted octanol–water partition coefficient (Wildman–Crippen LogP) is 2.12. The summed E-state index contributed by atoms with van der Waals surface area (Å²) in [6.45, 7) is 3.62. The van der Waals surface area contributed by atoms with Crippen molar-refractivity contribution in [3.05, 3.63) is 29.3 Å². The van der Waals surface area contributed by atoms with Gasteiger partial charge in [-0.05, 0) is 36.6 Å². The summed E-state index contributed by atoms with van der Waals surface area (Å²) in [6.07, 6.45) is 4.56. The number of nitrogens with two attached hydrogens (primary N) is 1. The fourth-order valence-corrected chi connectivity index (χ4v) is 3.57. The van der Waals surface area contributed by atoms with E-state index in [1.54, 1.807) is 7.11 Å². The molecule has 2 aliphatic rings. The first-order valence-electron chi connectivity index (χ1n) is 8.04. The lowest BCUT2D eigenvalue weighted by atomic mass is 9.94. The first-order valence-corrected chi connectivity index (χ1v) is 8.04. The average Bonchev–Trinajstić information content (AvgIpc) is 2.88. The van der Waals surface area contributed by atoms with Crippen molar-refractivity contribution >= 4 is 0 Å². The van der Waals surface area contributed by atoms with Crippen LogP contribution in [-0.4, -0.2) is 44.4 Å². The molecule has 4 nitrogen and oxygen atoms in total. The number of likely N-dealkylation sites (tertiary alicyclic amines) is 1. The van der Waals surface area contributed by atoms with Crippen LogP contribution >= 0.6 is 0 Å². The number of nitrogens with zero attached hydrogens (tertiary/aromatic N) is 1. The summed E-state index contributed by atoms with van der Waals surface area (Å²) >= 11 is 0. The second-order valence-corrected chi connectivity index (χ2v) is 6.10. The molecular formula is C17H26N2O2. The number of benzene rings is 1. The van der Waals surface area contributed by atoms with Crippen LogP contribution in [0, 0.1) is 0 Å². The van der Waals surface area contributed by atoms with Crippen molar-refractivity contribution in [1.82, 2.24) is 4.90 Å². The second-order valence-electron chi connectivity index (χ2n) is 6.10.